The van der Waals surface area contributed by atoms with Crippen LogP contribution in [0.3, 0.4) is 0 Å². The van der Waals surface area contributed by atoms with Gasteiger partial charge < -0.3 is 10.0 Å². The van der Waals surface area contributed by atoms with E-state index in [2.05, 4.69) is 26.9 Å². The van der Waals surface area contributed by atoms with Gasteiger partial charge in [-0.1, -0.05) is 6.07 Å². The summed E-state index contributed by atoms with van der Waals surface area (Å²) in [6.45, 7) is 3.68. The van der Waals surface area contributed by atoms with Crippen molar-refractivity contribution in [1.29, 1.82) is 0 Å². The molecule has 3 heterocycles. The molecular formula is C27H32N4O. The van der Waals surface area contributed by atoms with Crippen molar-refractivity contribution in [3.8, 4) is 5.75 Å². The molecule has 1 aromatic carbocycles. The molecule has 2 aliphatic heterocycles. The Balaban J connectivity index is 1.29. The average molecular weight is 429 g/mol. The molecule has 5 unspecified atom stereocenters. The lowest BCUT2D eigenvalue weighted by Gasteiger charge is -2.66. The Morgan fingerprint density at radius 2 is 2.06 bits per heavy atom. The van der Waals surface area contributed by atoms with E-state index in [9.17, 15) is 5.11 Å². The Kier molecular flexibility index (Phi) is 3.46. The van der Waals surface area contributed by atoms with Crippen LogP contribution in [0.2, 0.25) is 0 Å². The van der Waals surface area contributed by atoms with E-state index in [1.54, 1.807) is 6.20 Å². The minimum absolute atomic E-state index is 0.217. The van der Waals surface area contributed by atoms with Crippen LogP contribution in [0.15, 0.2) is 36.8 Å². The van der Waals surface area contributed by atoms with Crippen molar-refractivity contribution in [3.05, 3.63) is 47.9 Å². The Bertz CT molecular complexity index is 1090. The van der Waals surface area contributed by atoms with E-state index >= 15 is 0 Å². The van der Waals surface area contributed by atoms with E-state index in [4.69, 9.17) is 4.98 Å². The summed E-state index contributed by atoms with van der Waals surface area (Å²) in [6.07, 6.45) is 14.9. The fourth-order valence-corrected chi connectivity index (χ4v) is 9.65. The number of phenolic OH excluding ortho intramolecular Hbond substituents is 1. The highest BCUT2D eigenvalue weighted by atomic mass is 16.3. The second-order valence-corrected chi connectivity index (χ2v) is 11.7. The number of benzene rings is 1. The molecule has 0 radical (unpaired) electrons. The second-order valence-electron chi connectivity index (χ2n) is 11.7. The standard InChI is InChI=1S/C27H32N4O/c32-20-4-3-18-11-23-26-6-5-22-25(19(13-26)16-31(22)24-14-28-8-9-29-24)27(26,21(18)12-20)7-10-30(23)15-17-1-2-17/h3-4,8-9,12,14,17,19,22-23,25,32H,1-2,5-7,10-11,13,15-16H2/t19-,22?,23?,25?,26?,27?/m1/s1. The minimum Gasteiger partial charge on any atom is -0.508 e. The number of rotatable bonds is 3. The van der Waals surface area contributed by atoms with E-state index in [0.717, 1.165) is 24.2 Å². The molecule has 0 amide bonds. The molecule has 5 nitrogen and oxygen atoms in total. The molecule has 4 bridgehead atoms. The number of likely N-dealkylation sites (tertiary alicyclic amines) is 1. The number of piperidine rings is 1. The van der Waals surface area contributed by atoms with Crippen molar-refractivity contribution in [3.63, 3.8) is 0 Å². The summed E-state index contributed by atoms with van der Waals surface area (Å²) in [5, 5.41) is 10.6. The summed E-state index contributed by atoms with van der Waals surface area (Å²) < 4.78 is 0. The fraction of sp³-hybridized carbons (Fsp3) is 0.630. The molecule has 8 rings (SSSR count). The number of aromatic hydroxyl groups is 1. The van der Waals surface area contributed by atoms with Crippen molar-refractivity contribution in [1.82, 2.24) is 14.9 Å². The van der Waals surface area contributed by atoms with Gasteiger partial charge in [0, 0.05) is 43.0 Å². The average Bonchev–Trinajstić information content (AvgIpc) is 3.50. The molecule has 1 aromatic heterocycles. The molecule has 5 fully saturated rings. The molecule has 6 atom stereocenters. The molecule has 4 aliphatic carbocycles. The van der Waals surface area contributed by atoms with Gasteiger partial charge in [0.2, 0.25) is 0 Å². The molecule has 6 aliphatic rings. The predicted octanol–water partition coefficient (Wildman–Crippen LogP) is 3.77. The molecule has 5 heteroatoms. The number of hydrogen-bond acceptors (Lipinski definition) is 5. The van der Waals surface area contributed by atoms with E-state index in [1.807, 2.05) is 18.5 Å². The normalized spacial score (nSPS) is 41.4. The van der Waals surface area contributed by atoms with Crippen molar-refractivity contribution in [2.24, 2.45) is 23.2 Å². The summed E-state index contributed by atoms with van der Waals surface area (Å²) in [5.41, 5.74) is 3.64. The van der Waals surface area contributed by atoms with Crippen molar-refractivity contribution in [2.45, 2.75) is 62.4 Å². The number of nitrogens with zero attached hydrogens (tertiary/aromatic N) is 4. The smallest absolute Gasteiger partial charge is 0.147 e. The largest absolute Gasteiger partial charge is 0.508 e. The first-order valence-corrected chi connectivity index (χ1v) is 12.8. The van der Waals surface area contributed by atoms with Crippen LogP contribution in [0.5, 0.6) is 5.75 Å². The lowest BCUT2D eigenvalue weighted by atomic mass is 9.43. The zero-order chi connectivity index (χ0) is 21.1. The Morgan fingerprint density at radius 3 is 2.91 bits per heavy atom. The Morgan fingerprint density at radius 1 is 1.12 bits per heavy atom. The fourth-order valence-electron chi connectivity index (χ4n) is 9.65. The van der Waals surface area contributed by atoms with Crippen LogP contribution >= 0.6 is 0 Å². The van der Waals surface area contributed by atoms with Crippen molar-refractivity contribution >= 4 is 5.82 Å². The van der Waals surface area contributed by atoms with Crippen molar-refractivity contribution < 1.29 is 5.11 Å². The number of anilines is 1. The third-order valence-electron chi connectivity index (χ3n) is 10.6. The zero-order valence-electron chi connectivity index (χ0n) is 18.7. The van der Waals surface area contributed by atoms with E-state index in [0.29, 0.717) is 29.2 Å². The maximum atomic E-state index is 10.6. The molecule has 2 saturated heterocycles. The third-order valence-corrected chi connectivity index (χ3v) is 10.6. The quantitative estimate of drug-likeness (QED) is 0.807. The highest BCUT2D eigenvalue weighted by Crippen LogP contribution is 2.75. The van der Waals surface area contributed by atoms with Crippen molar-refractivity contribution in [2.75, 3.05) is 24.5 Å². The summed E-state index contributed by atoms with van der Waals surface area (Å²) in [5.74, 6) is 3.86. The molecule has 3 saturated carbocycles. The van der Waals surface area contributed by atoms with Gasteiger partial charge in [-0.15, -0.1) is 0 Å². The summed E-state index contributed by atoms with van der Waals surface area (Å²) >= 11 is 0. The van der Waals surface area contributed by atoms with Gasteiger partial charge in [-0.05, 0) is 97.9 Å². The maximum absolute atomic E-state index is 10.6. The van der Waals surface area contributed by atoms with Gasteiger partial charge in [0.15, 0.2) is 0 Å². The Labute approximate surface area is 189 Å². The van der Waals surface area contributed by atoms with Gasteiger partial charge >= 0.3 is 0 Å². The van der Waals surface area contributed by atoms with Crippen LogP contribution in [0.4, 0.5) is 5.82 Å². The maximum Gasteiger partial charge on any atom is 0.147 e. The monoisotopic (exact) mass is 428 g/mol. The first kappa shape index (κ1) is 18.3. The van der Waals surface area contributed by atoms with Gasteiger partial charge in [0.1, 0.15) is 11.6 Å². The van der Waals surface area contributed by atoms with E-state index in [1.165, 1.54) is 69.2 Å². The SMILES string of the molecule is Oc1ccc2c(c1)C13CCN(CC4CC4)C(C2)C12CCC1C3[C@@H](CN1c1cnccn1)C2. The van der Waals surface area contributed by atoms with E-state index < -0.39 is 0 Å². The van der Waals surface area contributed by atoms with E-state index in [-0.39, 0.29) is 5.41 Å². The summed E-state index contributed by atoms with van der Waals surface area (Å²) in [7, 11) is 0. The lowest BCUT2D eigenvalue weighted by Crippen LogP contribution is -2.69. The van der Waals surface area contributed by atoms with Crippen LogP contribution in [0.1, 0.15) is 49.7 Å². The predicted molar refractivity (Wildman–Crippen MR) is 123 cm³/mol. The van der Waals surface area contributed by atoms with Crippen LogP contribution in [0, 0.1) is 23.2 Å². The number of phenols is 1. The van der Waals surface area contributed by atoms with Crippen LogP contribution in [-0.4, -0.2) is 51.7 Å². The van der Waals surface area contributed by atoms with Gasteiger partial charge in [-0.25, -0.2) is 4.98 Å². The first-order chi connectivity index (χ1) is 15.7. The second kappa shape index (κ2) is 6.05. The number of fused-ring (bicyclic) bond motifs is 1. The van der Waals surface area contributed by atoms with Crippen LogP contribution in [-0.2, 0) is 11.8 Å². The lowest BCUT2D eigenvalue weighted by molar-refractivity contribution is -0.0921. The highest BCUT2D eigenvalue weighted by molar-refractivity contribution is 5.53. The molecule has 0 spiro atoms. The molecule has 1 N–H and O–H groups in total. The highest BCUT2D eigenvalue weighted by Gasteiger charge is 2.76. The summed E-state index contributed by atoms with van der Waals surface area (Å²) in [4.78, 5) is 14.6. The molecule has 166 valence electrons. The van der Waals surface area contributed by atoms with Gasteiger partial charge in [0.05, 0.1) is 6.20 Å². The third kappa shape index (κ3) is 2.10. The number of hydrogen-bond donors (Lipinski definition) is 1. The van der Waals surface area contributed by atoms with Gasteiger partial charge in [-0.2, -0.15) is 0 Å². The number of aromatic nitrogens is 2. The molecule has 32 heavy (non-hydrogen) atoms. The molecular weight excluding hydrogens is 396 g/mol. The van der Waals surface area contributed by atoms with Crippen LogP contribution in [0.25, 0.3) is 0 Å². The molecule has 2 aromatic rings. The van der Waals surface area contributed by atoms with Gasteiger partial charge in [0.25, 0.3) is 0 Å². The van der Waals surface area contributed by atoms with Gasteiger partial charge in [-0.3, -0.25) is 9.88 Å². The topological polar surface area (TPSA) is 52.5 Å². The first-order valence-electron chi connectivity index (χ1n) is 12.8. The van der Waals surface area contributed by atoms with Crippen LogP contribution < -0.4 is 4.90 Å². The minimum atomic E-state index is 0.217. The summed E-state index contributed by atoms with van der Waals surface area (Å²) in [6, 6.07) is 7.59. The Hall–Kier alpha value is -2.14. The zero-order valence-corrected chi connectivity index (χ0v) is 18.7.